The van der Waals surface area contributed by atoms with Crippen LogP contribution in [0.15, 0.2) is 30.3 Å². The highest BCUT2D eigenvalue weighted by Gasteiger charge is 2.24. The van der Waals surface area contributed by atoms with E-state index in [0.29, 0.717) is 6.54 Å². The minimum Gasteiger partial charge on any atom is -0.384 e. The van der Waals surface area contributed by atoms with Crippen molar-refractivity contribution in [3.8, 4) is 0 Å². The third-order valence-corrected chi connectivity index (χ3v) is 3.55. The van der Waals surface area contributed by atoms with E-state index < -0.39 is 5.60 Å². The van der Waals surface area contributed by atoms with Crippen LogP contribution >= 0.6 is 0 Å². The fourth-order valence-electron chi connectivity index (χ4n) is 2.13. The lowest BCUT2D eigenvalue weighted by Crippen LogP contribution is -2.53. The van der Waals surface area contributed by atoms with E-state index in [0.717, 1.165) is 31.7 Å². The number of rotatable bonds is 4. The number of hydrazine groups is 1. The van der Waals surface area contributed by atoms with E-state index in [4.69, 9.17) is 0 Å². The molecule has 1 heterocycles. The molecule has 4 heteroatoms. The van der Waals surface area contributed by atoms with Crippen LogP contribution in [0, 0.1) is 0 Å². The Balaban J connectivity index is 1.86. The van der Waals surface area contributed by atoms with Gasteiger partial charge < -0.3 is 10.0 Å². The standard InChI is InChI=1S/C14H23N3O/c1-14(18,13-6-4-3-5-7-13)12-15-17-10-8-16(2)9-11-17/h3-7,15,18H,8-12H2,1-2H3. The minimum atomic E-state index is -0.829. The lowest BCUT2D eigenvalue weighted by molar-refractivity contribution is 0.0167. The lowest BCUT2D eigenvalue weighted by atomic mass is 9.96. The number of nitrogens with zero attached hydrogens (tertiary/aromatic N) is 2. The number of hydrogen-bond acceptors (Lipinski definition) is 4. The Morgan fingerprint density at radius 2 is 1.78 bits per heavy atom. The molecule has 0 bridgehead atoms. The molecule has 2 rings (SSSR count). The highest BCUT2D eigenvalue weighted by molar-refractivity contribution is 5.21. The van der Waals surface area contributed by atoms with Gasteiger partial charge in [0.25, 0.3) is 0 Å². The van der Waals surface area contributed by atoms with Gasteiger partial charge in [0.2, 0.25) is 0 Å². The van der Waals surface area contributed by atoms with Crippen molar-refractivity contribution in [1.29, 1.82) is 0 Å². The van der Waals surface area contributed by atoms with Crippen LogP contribution in [0.1, 0.15) is 12.5 Å². The van der Waals surface area contributed by atoms with Crippen LogP contribution in [0.2, 0.25) is 0 Å². The van der Waals surface area contributed by atoms with Crippen molar-refractivity contribution in [2.75, 3.05) is 39.8 Å². The highest BCUT2D eigenvalue weighted by Crippen LogP contribution is 2.19. The third-order valence-electron chi connectivity index (χ3n) is 3.55. The average Bonchev–Trinajstić information content (AvgIpc) is 2.39. The van der Waals surface area contributed by atoms with E-state index in [1.54, 1.807) is 0 Å². The Morgan fingerprint density at radius 3 is 2.39 bits per heavy atom. The fourth-order valence-corrected chi connectivity index (χ4v) is 2.13. The molecule has 1 aliphatic heterocycles. The predicted molar refractivity (Wildman–Crippen MR) is 73.1 cm³/mol. The first-order chi connectivity index (χ1) is 8.58. The molecule has 0 aromatic heterocycles. The largest absolute Gasteiger partial charge is 0.384 e. The first kappa shape index (κ1) is 13.5. The Kier molecular flexibility index (Phi) is 4.35. The maximum atomic E-state index is 10.5. The zero-order valence-electron chi connectivity index (χ0n) is 11.3. The Bertz CT molecular complexity index is 359. The average molecular weight is 249 g/mol. The van der Waals surface area contributed by atoms with Crippen LogP contribution in [0.4, 0.5) is 0 Å². The molecule has 4 nitrogen and oxygen atoms in total. The molecule has 1 saturated heterocycles. The van der Waals surface area contributed by atoms with E-state index >= 15 is 0 Å². The normalized spacial score (nSPS) is 21.7. The van der Waals surface area contributed by atoms with Crippen LogP contribution in [0.3, 0.4) is 0 Å². The Hall–Kier alpha value is -0.940. The molecule has 2 N–H and O–H groups in total. The van der Waals surface area contributed by atoms with Gasteiger partial charge in [-0.3, -0.25) is 5.43 Å². The summed E-state index contributed by atoms with van der Waals surface area (Å²) in [7, 11) is 2.14. The van der Waals surface area contributed by atoms with Crippen LogP contribution in [-0.2, 0) is 5.60 Å². The molecule has 1 atom stereocenters. The number of hydrogen-bond donors (Lipinski definition) is 2. The van der Waals surface area contributed by atoms with Gasteiger partial charge in [-0.25, -0.2) is 5.01 Å². The van der Waals surface area contributed by atoms with Gasteiger partial charge in [-0.2, -0.15) is 0 Å². The van der Waals surface area contributed by atoms with Crippen molar-refractivity contribution in [3.05, 3.63) is 35.9 Å². The van der Waals surface area contributed by atoms with Gasteiger partial charge >= 0.3 is 0 Å². The van der Waals surface area contributed by atoms with Crippen LogP contribution in [0.5, 0.6) is 0 Å². The number of benzene rings is 1. The summed E-state index contributed by atoms with van der Waals surface area (Å²) in [5, 5.41) is 12.7. The van der Waals surface area contributed by atoms with Crippen LogP contribution in [-0.4, -0.2) is 54.8 Å². The monoisotopic (exact) mass is 249 g/mol. The van der Waals surface area contributed by atoms with E-state index in [-0.39, 0.29) is 0 Å². The summed E-state index contributed by atoms with van der Waals surface area (Å²) in [5.41, 5.74) is 3.46. The summed E-state index contributed by atoms with van der Waals surface area (Å²) < 4.78 is 0. The van der Waals surface area contributed by atoms with Crippen LogP contribution < -0.4 is 5.43 Å². The summed E-state index contributed by atoms with van der Waals surface area (Å²) in [6, 6.07) is 9.81. The SMILES string of the molecule is CN1CCN(NCC(C)(O)c2ccccc2)CC1. The second-order valence-corrected chi connectivity index (χ2v) is 5.27. The fraction of sp³-hybridized carbons (Fsp3) is 0.571. The summed E-state index contributed by atoms with van der Waals surface area (Å²) in [5.74, 6) is 0. The molecule has 18 heavy (non-hydrogen) atoms. The van der Waals surface area contributed by atoms with Gasteiger partial charge in [-0.15, -0.1) is 0 Å². The predicted octanol–water partition coefficient (Wildman–Crippen LogP) is 0.646. The van der Waals surface area contributed by atoms with Crippen molar-refractivity contribution >= 4 is 0 Å². The summed E-state index contributed by atoms with van der Waals surface area (Å²) in [6.45, 7) is 6.54. The van der Waals surface area contributed by atoms with Gasteiger partial charge in [0.1, 0.15) is 5.60 Å². The molecule has 1 aromatic rings. The number of likely N-dealkylation sites (N-methyl/N-ethyl adjacent to an activating group) is 1. The van der Waals surface area contributed by atoms with Crippen molar-refractivity contribution in [2.45, 2.75) is 12.5 Å². The second kappa shape index (κ2) is 5.80. The number of nitrogens with one attached hydrogen (secondary N) is 1. The van der Waals surface area contributed by atoms with E-state index in [2.05, 4.69) is 22.4 Å². The molecule has 1 fully saturated rings. The second-order valence-electron chi connectivity index (χ2n) is 5.27. The molecule has 0 amide bonds. The molecule has 0 aliphatic carbocycles. The summed E-state index contributed by atoms with van der Waals surface area (Å²) in [4.78, 5) is 2.31. The molecule has 100 valence electrons. The molecular weight excluding hydrogens is 226 g/mol. The van der Waals surface area contributed by atoms with Gasteiger partial charge in [0.05, 0.1) is 0 Å². The third kappa shape index (κ3) is 3.53. The van der Waals surface area contributed by atoms with Crippen LogP contribution in [0.25, 0.3) is 0 Å². The smallest absolute Gasteiger partial charge is 0.101 e. The Labute approximate surface area is 109 Å². The molecule has 0 saturated carbocycles. The van der Waals surface area contributed by atoms with E-state index in [9.17, 15) is 5.11 Å². The van der Waals surface area contributed by atoms with Crippen molar-refractivity contribution in [3.63, 3.8) is 0 Å². The van der Waals surface area contributed by atoms with Crippen molar-refractivity contribution in [2.24, 2.45) is 0 Å². The first-order valence-corrected chi connectivity index (χ1v) is 6.53. The van der Waals surface area contributed by atoms with E-state index in [1.165, 1.54) is 0 Å². The van der Waals surface area contributed by atoms with Gasteiger partial charge in [-0.1, -0.05) is 30.3 Å². The zero-order valence-corrected chi connectivity index (χ0v) is 11.3. The summed E-state index contributed by atoms with van der Waals surface area (Å²) >= 11 is 0. The first-order valence-electron chi connectivity index (χ1n) is 6.53. The quantitative estimate of drug-likeness (QED) is 0.822. The maximum absolute atomic E-state index is 10.5. The van der Waals surface area contributed by atoms with Gasteiger partial charge in [0, 0.05) is 32.7 Å². The topological polar surface area (TPSA) is 38.7 Å². The lowest BCUT2D eigenvalue weighted by Gasteiger charge is -2.35. The minimum absolute atomic E-state index is 0.542. The Morgan fingerprint density at radius 1 is 1.17 bits per heavy atom. The van der Waals surface area contributed by atoms with Crippen molar-refractivity contribution < 1.29 is 5.11 Å². The number of piperazine rings is 1. The van der Waals surface area contributed by atoms with Gasteiger partial charge in [0.15, 0.2) is 0 Å². The van der Waals surface area contributed by atoms with Gasteiger partial charge in [-0.05, 0) is 19.5 Å². The van der Waals surface area contributed by atoms with E-state index in [1.807, 2.05) is 37.3 Å². The molecular formula is C14H23N3O. The molecule has 1 aliphatic rings. The molecule has 1 unspecified atom stereocenters. The molecule has 1 aromatic carbocycles. The molecule has 0 radical (unpaired) electrons. The molecule has 0 spiro atoms. The maximum Gasteiger partial charge on any atom is 0.101 e. The van der Waals surface area contributed by atoms with Crippen molar-refractivity contribution in [1.82, 2.24) is 15.3 Å². The highest BCUT2D eigenvalue weighted by atomic mass is 16.3. The summed E-state index contributed by atoms with van der Waals surface area (Å²) in [6.07, 6.45) is 0. The zero-order chi connectivity index (χ0) is 13.0. The number of aliphatic hydroxyl groups is 1.